The molecule has 15 heavy (non-hydrogen) atoms. The summed E-state index contributed by atoms with van der Waals surface area (Å²) < 4.78 is 0. The zero-order valence-electron chi connectivity index (χ0n) is 8.54. The van der Waals surface area contributed by atoms with Crippen LogP contribution in [0, 0.1) is 0 Å². The average molecular weight is 210 g/mol. The Balaban J connectivity index is 2.98. The molecule has 0 fully saturated rings. The van der Waals surface area contributed by atoms with Crippen LogP contribution in [0.25, 0.3) is 0 Å². The van der Waals surface area contributed by atoms with Gasteiger partial charge in [-0.1, -0.05) is 13.3 Å². The third-order valence-electron chi connectivity index (χ3n) is 2.00. The second-order valence-electron chi connectivity index (χ2n) is 3.24. The first-order valence-electron chi connectivity index (χ1n) is 4.74. The maximum atomic E-state index is 11.0. The predicted molar refractivity (Wildman–Crippen MR) is 54.2 cm³/mol. The van der Waals surface area contributed by atoms with Crippen LogP contribution in [-0.2, 0) is 6.42 Å². The van der Waals surface area contributed by atoms with Gasteiger partial charge in [-0.2, -0.15) is 0 Å². The first-order valence-corrected chi connectivity index (χ1v) is 4.74. The molecule has 0 saturated heterocycles. The van der Waals surface area contributed by atoms with Crippen LogP contribution < -0.4 is 11.5 Å². The fourth-order valence-electron chi connectivity index (χ4n) is 1.24. The number of carbonyl (C=O) groups excluding carboxylic acids is 2. The van der Waals surface area contributed by atoms with E-state index < -0.39 is 11.8 Å². The minimum absolute atomic E-state index is 0.00592. The summed E-state index contributed by atoms with van der Waals surface area (Å²) in [5.41, 5.74) is 10.1. The van der Waals surface area contributed by atoms with Gasteiger partial charge in [-0.25, -0.2) is 4.98 Å². The third kappa shape index (κ3) is 2.55. The summed E-state index contributed by atoms with van der Waals surface area (Å²) >= 11 is 0. The van der Waals surface area contributed by atoms with Gasteiger partial charge in [-0.15, -0.1) is 0 Å². The Morgan fingerprint density at radius 1 is 1.33 bits per heavy atom. The Kier molecular flexibility index (Phi) is 3.43. The number of aromatic nitrogens is 2. The maximum absolute atomic E-state index is 11.0. The van der Waals surface area contributed by atoms with Crippen LogP contribution in [0.15, 0.2) is 0 Å². The molecule has 1 aromatic heterocycles. The molecule has 0 aliphatic carbocycles. The molecule has 5 N–H and O–H groups in total. The van der Waals surface area contributed by atoms with Crippen LogP contribution >= 0.6 is 0 Å². The van der Waals surface area contributed by atoms with Gasteiger partial charge >= 0.3 is 0 Å². The van der Waals surface area contributed by atoms with Crippen molar-refractivity contribution < 1.29 is 9.59 Å². The van der Waals surface area contributed by atoms with E-state index in [9.17, 15) is 9.59 Å². The Morgan fingerprint density at radius 2 is 2.00 bits per heavy atom. The fraction of sp³-hybridized carbons (Fsp3) is 0.444. The molecule has 0 atom stereocenters. The highest BCUT2D eigenvalue weighted by atomic mass is 16.2. The van der Waals surface area contributed by atoms with Crippen LogP contribution in [0.3, 0.4) is 0 Å². The topological polar surface area (TPSA) is 115 Å². The molecule has 6 nitrogen and oxygen atoms in total. The Labute approximate surface area is 87.1 Å². The lowest BCUT2D eigenvalue weighted by Gasteiger charge is -1.91. The van der Waals surface area contributed by atoms with Gasteiger partial charge in [0.2, 0.25) is 0 Å². The number of carbonyl (C=O) groups is 2. The smallest absolute Gasteiger partial charge is 0.269 e. The highest BCUT2D eigenvalue weighted by Gasteiger charge is 2.18. The zero-order chi connectivity index (χ0) is 11.4. The molecule has 0 radical (unpaired) electrons. The number of nitrogens with zero attached hydrogens (tertiary/aromatic N) is 1. The summed E-state index contributed by atoms with van der Waals surface area (Å²) in [5, 5.41) is 0. The van der Waals surface area contributed by atoms with Crippen LogP contribution in [-0.4, -0.2) is 21.8 Å². The highest BCUT2D eigenvalue weighted by Crippen LogP contribution is 2.07. The van der Waals surface area contributed by atoms with E-state index >= 15 is 0 Å². The summed E-state index contributed by atoms with van der Waals surface area (Å²) in [6.45, 7) is 2.03. The molecule has 0 aromatic carbocycles. The number of amides is 2. The van der Waals surface area contributed by atoms with Crippen molar-refractivity contribution in [3.05, 3.63) is 17.2 Å². The van der Waals surface area contributed by atoms with E-state index in [0.717, 1.165) is 12.8 Å². The third-order valence-corrected chi connectivity index (χ3v) is 2.00. The van der Waals surface area contributed by atoms with E-state index in [2.05, 4.69) is 9.97 Å². The van der Waals surface area contributed by atoms with E-state index in [1.54, 1.807) is 0 Å². The predicted octanol–water partition coefficient (Wildman–Crippen LogP) is -0.0499. The minimum atomic E-state index is -0.747. The van der Waals surface area contributed by atoms with Crippen molar-refractivity contribution in [2.75, 3.05) is 0 Å². The molecular weight excluding hydrogens is 196 g/mol. The number of hydrogen-bond donors (Lipinski definition) is 3. The number of nitrogens with two attached hydrogens (primary N) is 2. The van der Waals surface area contributed by atoms with Gasteiger partial charge < -0.3 is 16.5 Å². The molecule has 6 heteroatoms. The number of aryl methyl sites for hydroxylation is 1. The van der Waals surface area contributed by atoms with Crippen molar-refractivity contribution in [1.82, 2.24) is 9.97 Å². The summed E-state index contributed by atoms with van der Waals surface area (Å²) in [6.07, 6.45) is 2.59. The quantitative estimate of drug-likeness (QED) is 0.632. The normalized spacial score (nSPS) is 10.2. The van der Waals surface area contributed by atoms with Crippen molar-refractivity contribution in [2.24, 2.45) is 11.5 Å². The van der Waals surface area contributed by atoms with E-state index in [0.29, 0.717) is 12.2 Å². The van der Waals surface area contributed by atoms with Crippen LogP contribution in [0.4, 0.5) is 0 Å². The van der Waals surface area contributed by atoms with Gasteiger partial charge in [0.05, 0.1) is 0 Å². The summed E-state index contributed by atoms with van der Waals surface area (Å²) in [6, 6.07) is 0. The van der Waals surface area contributed by atoms with E-state index in [4.69, 9.17) is 11.5 Å². The summed E-state index contributed by atoms with van der Waals surface area (Å²) in [7, 11) is 0. The molecule has 82 valence electrons. The Hall–Kier alpha value is -1.85. The number of rotatable bonds is 5. The lowest BCUT2D eigenvalue weighted by atomic mass is 10.2. The van der Waals surface area contributed by atoms with E-state index in [1.807, 2.05) is 6.92 Å². The molecule has 0 unspecified atom stereocenters. The Bertz CT molecular complexity index is 352. The SMILES string of the molecule is CCCCc1nc(C(N)=O)c(C(N)=O)[nH]1. The van der Waals surface area contributed by atoms with Gasteiger partial charge in [-0.05, 0) is 6.42 Å². The molecule has 0 spiro atoms. The molecule has 0 bridgehead atoms. The van der Waals surface area contributed by atoms with Crippen molar-refractivity contribution >= 4 is 11.8 Å². The highest BCUT2D eigenvalue weighted by molar-refractivity contribution is 6.03. The monoisotopic (exact) mass is 210 g/mol. The molecule has 0 aliphatic heterocycles. The van der Waals surface area contributed by atoms with E-state index in [-0.39, 0.29) is 11.4 Å². The fourth-order valence-corrected chi connectivity index (χ4v) is 1.24. The van der Waals surface area contributed by atoms with Gasteiger partial charge in [0, 0.05) is 6.42 Å². The minimum Gasteiger partial charge on any atom is -0.364 e. The second-order valence-corrected chi connectivity index (χ2v) is 3.24. The summed E-state index contributed by atoms with van der Waals surface area (Å²) in [4.78, 5) is 28.6. The molecular formula is C9H14N4O2. The van der Waals surface area contributed by atoms with Gasteiger partial charge in [0.25, 0.3) is 11.8 Å². The molecule has 1 rings (SSSR count). The first kappa shape index (κ1) is 11.2. The van der Waals surface area contributed by atoms with Crippen molar-refractivity contribution in [3.63, 3.8) is 0 Å². The van der Waals surface area contributed by atoms with Gasteiger partial charge in [0.15, 0.2) is 5.69 Å². The number of imidazole rings is 1. The summed E-state index contributed by atoms with van der Waals surface area (Å²) in [5.74, 6) is -0.902. The molecule has 0 saturated carbocycles. The lowest BCUT2D eigenvalue weighted by Crippen LogP contribution is -2.20. The number of aromatic amines is 1. The largest absolute Gasteiger partial charge is 0.364 e. The molecule has 1 heterocycles. The average Bonchev–Trinajstić information content (AvgIpc) is 2.58. The van der Waals surface area contributed by atoms with E-state index in [1.165, 1.54) is 0 Å². The number of nitrogens with one attached hydrogen (secondary N) is 1. The number of H-pyrrole nitrogens is 1. The lowest BCUT2D eigenvalue weighted by molar-refractivity contribution is 0.0962. The number of primary amides is 2. The van der Waals surface area contributed by atoms with Gasteiger partial charge in [0.1, 0.15) is 11.5 Å². The Morgan fingerprint density at radius 3 is 2.40 bits per heavy atom. The van der Waals surface area contributed by atoms with Gasteiger partial charge in [-0.3, -0.25) is 9.59 Å². The van der Waals surface area contributed by atoms with Crippen LogP contribution in [0.1, 0.15) is 46.6 Å². The zero-order valence-corrected chi connectivity index (χ0v) is 8.54. The van der Waals surface area contributed by atoms with Crippen LogP contribution in [0.5, 0.6) is 0 Å². The second kappa shape index (κ2) is 4.59. The molecule has 0 aliphatic rings. The molecule has 1 aromatic rings. The first-order chi connectivity index (χ1) is 7.06. The van der Waals surface area contributed by atoms with Crippen molar-refractivity contribution in [3.8, 4) is 0 Å². The number of unbranched alkanes of at least 4 members (excludes halogenated alkanes) is 1. The van der Waals surface area contributed by atoms with Crippen molar-refractivity contribution in [1.29, 1.82) is 0 Å². The standard InChI is InChI=1S/C9H14N4O2/c1-2-3-4-5-12-6(8(10)14)7(13-5)9(11)15/h2-4H2,1H3,(H2,10,14)(H2,11,15)(H,12,13). The van der Waals surface area contributed by atoms with Crippen molar-refractivity contribution in [2.45, 2.75) is 26.2 Å². The molecule has 2 amide bonds. The van der Waals surface area contributed by atoms with Crippen LogP contribution in [0.2, 0.25) is 0 Å². The number of hydrogen-bond acceptors (Lipinski definition) is 3. The maximum Gasteiger partial charge on any atom is 0.269 e.